The SMILES string of the molecule is CCNC(=NCCCCN1CCN(c2cccc(C)c2)CC1)NCCC(F)(F)F.I. The second-order valence-electron chi connectivity index (χ2n) is 7.43. The summed E-state index contributed by atoms with van der Waals surface area (Å²) in [6, 6.07) is 8.64. The number of hydrogen-bond donors (Lipinski definition) is 2. The molecule has 0 atom stereocenters. The molecule has 0 spiro atoms. The normalized spacial score (nSPS) is 15.6. The summed E-state index contributed by atoms with van der Waals surface area (Å²) in [5, 5.41) is 5.73. The van der Waals surface area contributed by atoms with Crippen molar-refractivity contribution in [1.29, 1.82) is 0 Å². The molecule has 0 radical (unpaired) electrons. The molecule has 0 aromatic heterocycles. The van der Waals surface area contributed by atoms with Gasteiger partial charge < -0.3 is 15.5 Å². The van der Waals surface area contributed by atoms with Gasteiger partial charge in [-0.2, -0.15) is 13.2 Å². The molecule has 2 N–H and O–H groups in total. The third-order valence-corrected chi connectivity index (χ3v) is 4.94. The Hall–Kier alpha value is -1.23. The number of nitrogens with zero attached hydrogens (tertiary/aromatic N) is 3. The number of guanidine groups is 1. The molecule has 1 fully saturated rings. The lowest BCUT2D eigenvalue weighted by Gasteiger charge is -2.36. The van der Waals surface area contributed by atoms with E-state index in [2.05, 4.69) is 56.6 Å². The van der Waals surface area contributed by atoms with Gasteiger partial charge in [0.15, 0.2) is 5.96 Å². The zero-order chi connectivity index (χ0) is 21.1. The smallest absolute Gasteiger partial charge is 0.369 e. The summed E-state index contributed by atoms with van der Waals surface area (Å²) in [7, 11) is 0. The Morgan fingerprint density at radius 1 is 1.10 bits per heavy atom. The average molecular weight is 541 g/mol. The van der Waals surface area contributed by atoms with Crippen LogP contribution in [0.5, 0.6) is 0 Å². The highest BCUT2D eigenvalue weighted by Gasteiger charge is 2.26. The van der Waals surface area contributed by atoms with E-state index in [0.29, 0.717) is 19.0 Å². The van der Waals surface area contributed by atoms with Crippen molar-refractivity contribution in [3.63, 3.8) is 0 Å². The first-order valence-electron chi connectivity index (χ1n) is 10.5. The summed E-state index contributed by atoms with van der Waals surface area (Å²) in [5.74, 6) is 0.462. The number of aliphatic imine (C=N–C) groups is 1. The Morgan fingerprint density at radius 3 is 2.47 bits per heavy atom. The molecule has 0 aliphatic carbocycles. The number of piperazine rings is 1. The summed E-state index contributed by atoms with van der Waals surface area (Å²) >= 11 is 0. The van der Waals surface area contributed by atoms with Crippen molar-refractivity contribution in [1.82, 2.24) is 15.5 Å². The minimum absolute atomic E-state index is 0. The summed E-state index contributed by atoms with van der Waals surface area (Å²) in [5.41, 5.74) is 2.59. The largest absolute Gasteiger partial charge is 0.390 e. The number of nitrogens with one attached hydrogen (secondary N) is 2. The molecule has 1 saturated heterocycles. The summed E-state index contributed by atoms with van der Waals surface area (Å²) in [6.07, 6.45) is -3.04. The van der Waals surface area contributed by atoms with Crippen LogP contribution in [-0.2, 0) is 0 Å². The van der Waals surface area contributed by atoms with Crippen molar-refractivity contribution in [3.8, 4) is 0 Å². The molecular weight excluding hydrogens is 506 g/mol. The van der Waals surface area contributed by atoms with Gasteiger partial charge in [-0.05, 0) is 50.9 Å². The van der Waals surface area contributed by atoms with Gasteiger partial charge in [-0.25, -0.2) is 0 Å². The average Bonchev–Trinajstić information content (AvgIpc) is 2.67. The number of halogens is 4. The number of alkyl halides is 3. The minimum atomic E-state index is -4.15. The molecule has 1 heterocycles. The van der Waals surface area contributed by atoms with E-state index in [4.69, 9.17) is 0 Å². The molecule has 30 heavy (non-hydrogen) atoms. The van der Waals surface area contributed by atoms with Crippen LogP contribution in [0.25, 0.3) is 0 Å². The molecule has 9 heteroatoms. The van der Waals surface area contributed by atoms with Crippen molar-refractivity contribution in [2.24, 2.45) is 4.99 Å². The molecule has 172 valence electrons. The van der Waals surface area contributed by atoms with Crippen LogP contribution in [0.15, 0.2) is 29.3 Å². The van der Waals surface area contributed by atoms with E-state index < -0.39 is 12.6 Å². The monoisotopic (exact) mass is 541 g/mol. The van der Waals surface area contributed by atoms with Crippen molar-refractivity contribution in [2.75, 3.05) is 57.3 Å². The van der Waals surface area contributed by atoms with E-state index in [9.17, 15) is 13.2 Å². The maximum Gasteiger partial charge on any atom is 0.390 e. The topological polar surface area (TPSA) is 42.9 Å². The van der Waals surface area contributed by atoms with Gasteiger partial charge in [-0.3, -0.25) is 9.89 Å². The predicted molar refractivity (Wildman–Crippen MR) is 129 cm³/mol. The molecule has 1 aromatic carbocycles. The van der Waals surface area contributed by atoms with Crippen LogP contribution in [0.3, 0.4) is 0 Å². The van der Waals surface area contributed by atoms with Crippen LogP contribution in [0.1, 0.15) is 31.7 Å². The Morgan fingerprint density at radius 2 is 1.83 bits per heavy atom. The molecule has 1 aliphatic rings. The maximum atomic E-state index is 12.3. The van der Waals surface area contributed by atoms with E-state index in [-0.39, 0.29) is 30.5 Å². The number of rotatable bonds is 9. The molecule has 1 aromatic rings. The quantitative estimate of drug-likeness (QED) is 0.215. The molecule has 2 rings (SSSR count). The van der Waals surface area contributed by atoms with E-state index in [1.807, 2.05) is 6.92 Å². The summed E-state index contributed by atoms with van der Waals surface area (Å²) in [4.78, 5) is 9.28. The predicted octanol–water partition coefficient (Wildman–Crippen LogP) is 4.02. The number of anilines is 1. The van der Waals surface area contributed by atoms with Crippen LogP contribution in [-0.4, -0.2) is 69.4 Å². The Bertz CT molecular complexity index is 631. The molecule has 5 nitrogen and oxygen atoms in total. The maximum absolute atomic E-state index is 12.3. The number of aryl methyl sites for hydroxylation is 1. The molecular formula is C21H35F3IN5. The first-order valence-corrected chi connectivity index (χ1v) is 10.5. The summed E-state index contributed by atoms with van der Waals surface area (Å²) in [6.45, 7) is 10.3. The minimum Gasteiger partial charge on any atom is -0.369 e. The molecule has 1 aliphatic heterocycles. The Kier molecular flexibility index (Phi) is 12.5. The second-order valence-corrected chi connectivity index (χ2v) is 7.43. The lowest BCUT2D eigenvalue weighted by Crippen LogP contribution is -2.46. The molecule has 0 bridgehead atoms. The second kappa shape index (κ2) is 14.0. The highest BCUT2D eigenvalue weighted by molar-refractivity contribution is 14.0. The Labute approximate surface area is 195 Å². The highest BCUT2D eigenvalue weighted by Crippen LogP contribution is 2.18. The fourth-order valence-corrected chi connectivity index (χ4v) is 3.36. The first-order chi connectivity index (χ1) is 13.9. The Balaban J connectivity index is 0.00000450. The third kappa shape index (κ3) is 10.7. The van der Waals surface area contributed by atoms with Crippen LogP contribution in [0.2, 0.25) is 0 Å². The van der Waals surface area contributed by atoms with Gasteiger partial charge >= 0.3 is 6.18 Å². The van der Waals surface area contributed by atoms with E-state index >= 15 is 0 Å². The third-order valence-electron chi connectivity index (χ3n) is 4.94. The van der Waals surface area contributed by atoms with Crippen LogP contribution >= 0.6 is 24.0 Å². The van der Waals surface area contributed by atoms with E-state index in [0.717, 1.165) is 45.6 Å². The van der Waals surface area contributed by atoms with Gasteiger partial charge in [-0.1, -0.05) is 12.1 Å². The lowest BCUT2D eigenvalue weighted by atomic mass is 10.2. The van der Waals surface area contributed by atoms with Crippen LogP contribution in [0.4, 0.5) is 18.9 Å². The lowest BCUT2D eigenvalue weighted by molar-refractivity contribution is -0.132. The first kappa shape index (κ1) is 26.8. The van der Waals surface area contributed by atoms with E-state index in [1.54, 1.807) is 0 Å². The number of hydrogen-bond acceptors (Lipinski definition) is 3. The highest BCUT2D eigenvalue weighted by atomic mass is 127. The summed E-state index contributed by atoms with van der Waals surface area (Å²) < 4.78 is 36.8. The molecule has 0 saturated carbocycles. The van der Waals surface area contributed by atoms with E-state index in [1.165, 1.54) is 11.3 Å². The van der Waals surface area contributed by atoms with Gasteiger partial charge in [0.2, 0.25) is 0 Å². The fraction of sp³-hybridized carbons (Fsp3) is 0.667. The fourth-order valence-electron chi connectivity index (χ4n) is 3.36. The zero-order valence-electron chi connectivity index (χ0n) is 18.0. The molecule has 0 amide bonds. The van der Waals surface area contributed by atoms with Crippen molar-refractivity contribution >= 4 is 35.6 Å². The zero-order valence-corrected chi connectivity index (χ0v) is 20.3. The van der Waals surface area contributed by atoms with Crippen LogP contribution in [0, 0.1) is 6.92 Å². The van der Waals surface area contributed by atoms with Gasteiger partial charge in [-0.15, -0.1) is 24.0 Å². The molecule has 0 unspecified atom stereocenters. The van der Waals surface area contributed by atoms with Crippen molar-refractivity contribution < 1.29 is 13.2 Å². The van der Waals surface area contributed by atoms with Crippen molar-refractivity contribution in [2.45, 2.75) is 39.3 Å². The number of benzene rings is 1. The van der Waals surface area contributed by atoms with Gasteiger partial charge in [0.1, 0.15) is 0 Å². The standard InChI is InChI=1S/C21H34F3N5.HI/c1-3-25-20(27-11-9-21(22,23)24)26-10-4-5-12-28-13-15-29(16-14-28)19-8-6-7-18(2)17-19;/h6-8,17H,3-5,9-16H2,1-2H3,(H2,25,26,27);1H. The van der Waals surface area contributed by atoms with Gasteiger partial charge in [0.05, 0.1) is 6.42 Å². The van der Waals surface area contributed by atoms with Gasteiger partial charge in [0.25, 0.3) is 0 Å². The van der Waals surface area contributed by atoms with Gasteiger partial charge in [0, 0.05) is 51.5 Å². The number of unbranched alkanes of at least 4 members (excludes halogenated alkanes) is 1. The van der Waals surface area contributed by atoms with Crippen LogP contribution < -0.4 is 15.5 Å². The van der Waals surface area contributed by atoms with Crippen molar-refractivity contribution in [3.05, 3.63) is 29.8 Å².